The maximum absolute atomic E-state index is 2.63. The molecule has 0 radical (unpaired) electrons. The molecule has 4 heteroatoms. The molecule has 2 atom stereocenters. The summed E-state index contributed by atoms with van der Waals surface area (Å²) in [6.45, 7) is 2.38. The zero-order chi connectivity index (χ0) is 25.8. The highest BCUT2D eigenvalue weighted by atomic mass is 127. The quantitative estimate of drug-likeness (QED) is 0.145. The number of hydrogen-bond acceptors (Lipinski definition) is 1. The summed E-state index contributed by atoms with van der Waals surface area (Å²) in [6.07, 6.45) is 2.55. The molecular weight excluding hydrogens is 599 g/mol. The Balaban J connectivity index is 1.84. The first-order valence-electron chi connectivity index (χ1n) is 12.6. The fraction of sp³-hybridized carbons (Fsp3) is 0.152. The van der Waals surface area contributed by atoms with Crippen LogP contribution >= 0.6 is 38.4 Å². The average Bonchev–Trinajstić information content (AvgIpc) is 3.27. The van der Waals surface area contributed by atoms with Gasteiger partial charge >= 0.3 is 0 Å². The van der Waals surface area contributed by atoms with Crippen LogP contribution in [0.25, 0.3) is 0 Å². The number of rotatable bonds is 8. The molecule has 0 spiro atoms. The molecule has 0 aromatic heterocycles. The minimum atomic E-state index is -0.715. The van der Waals surface area contributed by atoms with Crippen molar-refractivity contribution < 1.29 is 0 Å². The van der Waals surface area contributed by atoms with E-state index in [1.54, 1.807) is 10.6 Å². The first-order valence-corrected chi connectivity index (χ1v) is 16.4. The molecule has 186 valence electrons. The largest absolute Gasteiger partial charge is 0.306 e. The molecule has 0 N–H and O–H groups in total. The molecule has 0 saturated carbocycles. The molecule has 0 fully saturated rings. The van der Waals surface area contributed by atoms with Gasteiger partial charge in [0.05, 0.1) is 0 Å². The predicted molar refractivity (Wildman–Crippen MR) is 174 cm³/mol. The third kappa shape index (κ3) is 5.69. The summed E-state index contributed by atoms with van der Waals surface area (Å²) in [5.74, 6) is 0.348. The topological polar surface area (TPSA) is 3.24 Å². The lowest BCUT2D eigenvalue weighted by Gasteiger charge is -2.34. The zero-order valence-electron chi connectivity index (χ0n) is 21.5. The maximum Gasteiger partial charge on any atom is 0.0202 e. The van der Waals surface area contributed by atoms with E-state index >= 15 is 0 Å². The third-order valence-corrected chi connectivity index (χ3v) is 13.7. The lowest BCUT2D eigenvalue weighted by atomic mass is 10.0. The van der Waals surface area contributed by atoms with Gasteiger partial charge in [-0.05, 0) is 86.0 Å². The first-order chi connectivity index (χ1) is 18.1. The minimum absolute atomic E-state index is 0.348. The second kappa shape index (κ2) is 12.2. The molecule has 2 unspecified atom stereocenters. The second-order valence-electron chi connectivity index (χ2n) is 9.49. The highest BCUT2D eigenvalue weighted by Crippen LogP contribution is 2.63. The van der Waals surface area contributed by atoms with E-state index in [1.807, 2.05) is 0 Å². The van der Waals surface area contributed by atoms with Crippen LogP contribution < -0.4 is 21.2 Å². The summed E-state index contributed by atoms with van der Waals surface area (Å²) in [6, 6.07) is 45.1. The van der Waals surface area contributed by atoms with Crippen molar-refractivity contribution in [2.45, 2.75) is 13.0 Å². The smallest absolute Gasteiger partial charge is 0.0202 e. The predicted octanol–water partition coefficient (Wildman–Crippen LogP) is 7.36. The highest BCUT2D eigenvalue weighted by Gasteiger charge is 2.39. The Morgan fingerprint density at radius 3 is 1.30 bits per heavy atom. The van der Waals surface area contributed by atoms with Crippen LogP contribution in [0.3, 0.4) is 0 Å². The van der Waals surface area contributed by atoms with E-state index in [9.17, 15) is 0 Å². The summed E-state index contributed by atoms with van der Waals surface area (Å²) in [5, 5.41) is 8.81. The summed E-state index contributed by atoms with van der Waals surface area (Å²) in [4.78, 5) is 2.38. The lowest BCUT2D eigenvalue weighted by molar-refractivity contribution is 0.281. The van der Waals surface area contributed by atoms with Crippen LogP contribution in [0, 0.1) is 5.92 Å². The zero-order valence-corrected chi connectivity index (χ0v) is 25.4. The van der Waals surface area contributed by atoms with Gasteiger partial charge in [0.1, 0.15) is 0 Å². The van der Waals surface area contributed by atoms with Gasteiger partial charge in [-0.1, -0.05) is 127 Å². The van der Waals surface area contributed by atoms with Crippen LogP contribution in [0.1, 0.15) is 6.92 Å². The average molecular weight is 631 g/mol. The highest BCUT2D eigenvalue weighted by molar-refractivity contribution is 14.1. The molecule has 1 nitrogen and oxygen atoms in total. The first kappa shape index (κ1) is 26.5. The Bertz CT molecular complexity index is 1290. The van der Waals surface area contributed by atoms with Crippen molar-refractivity contribution in [1.82, 2.24) is 4.90 Å². The Morgan fingerprint density at radius 2 is 0.946 bits per heavy atom. The summed E-state index contributed by atoms with van der Waals surface area (Å²) >= 11 is 2.63. The molecule has 0 saturated heterocycles. The monoisotopic (exact) mass is 631 g/mol. The van der Waals surface area contributed by atoms with E-state index in [2.05, 4.69) is 176 Å². The molecular formula is C33H32INP2. The number of allylic oxidation sites excluding steroid dienone is 2. The van der Waals surface area contributed by atoms with Crippen LogP contribution in [0.2, 0.25) is 0 Å². The van der Waals surface area contributed by atoms with Gasteiger partial charge in [0, 0.05) is 20.9 Å². The minimum Gasteiger partial charge on any atom is -0.306 e. The summed E-state index contributed by atoms with van der Waals surface area (Å²) in [7, 11) is 3.00. The van der Waals surface area contributed by atoms with Gasteiger partial charge in [-0.3, -0.25) is 0 Å². The fourth-order valence-electron chi connectivity index (χ4n) is 4.90. The number of benzene rings is 4. The molecule has 0 bridgehead atoms. The van der Waals surface area contributed by atoms with Crippen LogP contribution in [-0.4, -0.2) is 25.0 Å². The van der Waals surface area contributed by atoms with Gasteiger partial charge in [-0.2, -0.15) is 0 Å². The van der Waals surface area contributed by atoms with Crippen molar-refractivity contribution in [3.8, 4) is 0 Å². The van der Waals surface area contributed by atoms with Crippen LogP contribution in [0.4, 0.5) is 0 Å². The Labute approximate surface area is 238 Å². The normalized spacial score (nSPS) is 16.5. The summed E-state index contributed by atoms with van der Waals surface area (Å²) < 4.78 is 1.41. The summed E-state index contributed by atoms with van der Waals surface area (Å²) in [5.41, 5.74) is 0. The SMILES string of the molecule is CC(C1C=C(I)C(P(c2ccccc2)c2ccccc2)=C1P(c1ccccc1)c1ccccc1)N(C)C. The third-order valence-electron chi connectivity index (χ3n) is 6.97. The van der Waals surface area contributed by atoms with E-state index in [4.69, 9.17) is 0 Å². The second-order valence-corrected chi connectivity index (χ2v) is 15.0. The van der Waals surface area contributed by atoms with Crippen molar-refractivity contribution in [2.24, 2.45) is 5.92 Å². The Morgan fingerprint density at radius 1 is 0.595 bits per heavy atom. The van der Waals surface area contributed by atoms with Gasteiger partial charge in [0.2, 0.25) is 0 Å². The molecule has 4 aromatic rings. The van der Waals surface area contributed by atoms with Gasteiger partial charge in [-0.25, -0.2) is 0 Å². The molecule has 4 aromatic carbocycles. The van der Waals surface area contributed by atoms with Crippen molar-refractivity contribution in [2.75, 3.05) is 14.1 Å². The number of hydrogen-bond donors (Lipinski definition) is 0. The molecule has 0 amide bonds. The van der Waals surface area contributed by atoms with E-state index in [-0.39, 0.29) is 0 Å². The van der Waals surface area contributed by atoms with Crippen molar-refractivity contribution in [3.05, 3.63) is 142 Å². The number of halogens is 1. The van der Waals surface area contributed by atoms with Gasteiger partial charge < -0.3 is 4.90 Å². The molecule has 5 rings (SSSR count). The van der Waals surface area contributed by atoms with Gasteiger partial charge in [0.15, 0.2) is 0 Å². The van der Waals surface area contributed by atoms with Crippen LogP contribution in [0.15, 0.2) is 142 Å². The lowest BCUT2D eigenvalue weighted by Crippen LogP contribution is -2.33. The molecule has 1 aliphatic rings. The van der Waals surface area contributed by atoms with Crippen LogP contribution in [0.5, 0.6) is 0 Å². The van der Waals surface area contributed by atoms with Crippen LogP contribution in [-0.2, 0) is 0 Å². The molecule has 0 aliphatic heterocycles. The van der Waals surface area contributed by atoms with Crippen molar-refractivity contribution in [1.29, 1.82) is 0 Å². The van der Waals surface area contributed by atoms with Crippen molar-refractivity contribution >= 4 is 59.7 Å². The van der Waals surface area contributed by atoms with E-state index in [1.165, 1.54) is 24.8 Å². The van der Waals surface area contributed by atoms with E-state index in [0.717, 1.165) is 0 Å². The molecule has 1 aliphatic carbocycles. The van der Waals surface area contributed by atoms with Gasteiger partial charge in [0.25, 0.3) is 0 Å². The standard InChI is InChI=1S/C33H32INP2/c1-25(35(2)3)30-24-31(34)33(37(28-20-12-6-13-21-28)29-22-14-7-15-23-29)32(30)36(26-16-8-4-9-17-26)27-18-10-5-11-19-27/h4-25,30H,1-3H3. The van der Waals surface area contributed by atoms with E-state index in [0.29, 0.717) is 12.0 Å². The Hall–Kier alpha value is -2.09. The van der Waals surface area contributed by atoms with Gasteiger partial charge in [-0.15, -0.1) is 0 Å². The Kier molecular flexibility index (Phi) is 8.73. The molecule has 37 heavy (non-hydrogen) atoms. The van der Waals surface area contributed by atoms with Crippen molar-refractivity contribution in [3.63, 3.8) is 0 Å². The molecule has 0 heterocycles. The number of nitrogens with zero attached hydrogens (tertiary/aromatic N) is 1. The fourth-order valence-corrected chi connectivity index (χ4v) is 12.3. The maximum atomic E-state index is 2.63. The van der Waals surface area contributed by atoms with E-state index < -0.39 is 15.8 Å².